The number of carbonyl (C=O) groups excluding carboxylic acids is 2. The number of aryl methyl sites for hydroxylation is 1. The van der Waals surface area contributed by atoms with Gasteiger partial charge in [-0.25, -0.2) is 15.2 Å². The Morgan fingerprint density at radius 1 is 0.561 bits per heavy atom. The van der Waals surface area contributed by atoms with E-state index in [-0.39, 0.29) is 11.6 Å². The molecule has 324 valence electrons. The summed E-state index contributed by atoms with van der Waals surface area (Å²) >= 11 is 1.68. The average Bonchev–Trinajstić information content (AvgIpc) is 4.11. The number of aromatic nitrogens is 10. The van der Waals surface area contributed by atoms with Crippen LogP contribution in [0.15, 0.2) is 175 Å². The third kappa shape index (κ3) is 11.5. The Hall–Kier alpha value is -8.23. The normalized spacial score (nSPS) is 11.0. The molecule has 0 atom stereocenters. The number of carbonyl (C=O) groups is 2. The maximum absolute atomic E-state index is 12.9. The molecule has 13 nitrogen and oxygen atoms in total. The highest BCUT2D eigenvalue weighted by Gasteiger charge is 2.12. The summed E-state index contributed by atoms with van der Waals surface area (Å²) in [5.41, 5.74) is 9.15. The van der Waals surface area contributed by atoms with Crippen molar-refractivity contribution in [3.63, 3.8) is 0 Å². The molecule has 0 aliphatic heterocycles. The minimum atomic E-state index is 0.0733. The van der Waals surface area contributed by atoms with Crippen molar-refractivity contribution in [3.8, 4) is 17.1 Å². The number of tetrazole rings is 2. The standard InChI is InChI=1S/C27H23N5O2.C25H19N5OS/c33-26(15-12-19-8-10-20(11-9-19)16-27-29-31-32-30-27)22-5-3-6-24(17-22)34-18-23-14-13-21-4-1-2-7-25(21)28-23;31-24(14-17-5-3-8-20(13-17)25-27-29-30-28-25)19-7-4-9-22(15-19)32-16-21-12-11-18-6-1-2-10-23(18)26-21/h1-11,13-14,17H,12,15-16,18H2,(H,29,30,31,32);1-13,15H,14,16H2,(H,27,28,29,30). The molecule has 10 aromatic rings. The number of thioether (sulfide) groups is 1. The van der Waals surface area contributed by atoms with Crippen LogP contribution in [0.4, 0.5) is 0 Å². The summed E-state index contributed by atoms with van der Waals surface area (Å²) in [6.45, 7) is 0.346. The molecule has 14 heteroatoms. The predicted octanol–water partition coefficient (Wildman–Crippen LogP) is 9.87. The molecule has 0 radical (unpaired) electrons. The number of ether oxygens (including phenoxy) is 1. The number of ketones is 2. The Morgan fingerprint density at radius 2 is 1.24 bits per heavy atom. The maximum atomic E-state index is 12.9. The highest BCUT2D eigenvalue weighted by atomic mass is 32.2. The van der Waals surface area contributed by atoms with E-state index in [1.807, 2.05) is 146 Å². The van der Waals surface area contributed by atoms with Gasteiger partial charge in [-0.15, -0.1) is 22.0 Å². The lowest BCUT2D eigenvalue weighted by Gasteiger charge is -2.09. The van der Waals surface area contributed by atoms with Gasteiger partial charge in [0.15, 0.2) is 23.2 Å². The molecule has 0 unspecified atom stereocenters. The number of aromatic amines is 2. The summed E-state index contributed by atoms with van der Waals surface area (Å²) in [6.07, 6.45) is 2.07. The number of pyridine rings is 2. The quantitative estimate of drug-likeness (QED) is 0.0694. The zero-order chi connectivity index (χ0) is 44.9. The van der Waals surface area contributed by atoms with E-state index in [9.17, 15) is 9.59 Å². The molecule has 0 amide bonds. The summed E-state index contributed by atoms with van der Waals surface area (Å²) in [6, 6.07) is 55.2. The summed E-state index contributed by atoms with van der Waals surface area (Å²) in [5, 5.41) is 30.0. The SMILES string of the molecule is O=C(CCc1ccc(Cc2nnn[nH]2)cc1)c1cccc(OCc2ccc3ccccc3n2)c1.O=C(Cc1cccc(-c2nnn[nH]2)c1)c1cccc(SCc2ccc3ccccc3n2)c1. The number of nitrogens with zero attached hydrogens (tertiary/aromatic N) is 8. The summed E-state index contributed by atoms with van der Waals surface area (Å²) in [5.74, 6) is 2.87. The monoisotopic (exact) mass is 886 g/mol. The molecular weight excluding hydrogens is 845 g/mol. The van der Waals surface area contributed by atoms with Gasteiger partial charge in [-0.1, -0.05) is 115 Å². The molecule has 4 aromatic heterocycles. The van der Waals surface area contributed by atoms with Crippen molar-refractivity contribution >= 4 is 45.1 Å². The second kappa shape index (κ2) is 21.0. The van der Waals surface area contributed by atoms with E-state index in [1.165, 1.54) is 0 Å². The first-order valence-electron chi connectivity index (χ1n) is 21.3. The third-order valence-corrected chi connectivity index (χ3v) is 11.8. The van der Waals surface area contributed by atoms with Crippen molar-refractivity contribution in [2.24, 2.45) is 0 Å². The van der Waals surface area contributed by atoms with Crippen LogP contribution in [0, 0.1) is 0 Å². The minimum Gasteiger partial charge on any atom is -0.487 e. The van der Waals surface area contributed by atoms with Gasteiger partial charge < -0.3 is 4.74 Å². The van der Waals surface area contributed by atoms with Crippen molar-refractivity contribution in [2.75, 3.05) is 0 Å². The molecule has 0 saturated heterocycles. The molecule has 66 heavy (non-hydrogen) atoms. The molecule has 4 heterocycles. The first-order valence-corrected chi connectivity index (χ1v) is 22.3. The van der Waals surface area contributed by atoms with Crippen LogP contribution < -0.4 is 4.74 Å². The topological polar surface area (TPSA) is 178 Å². The smallest absolute Gasteiger partial charge is 0.179 e. The van der Waals surface area contributed by atoms with E-state index < -0.39 is 0 Å². The van der Waals surface area contributed by atoms with Crippen LogP contribution in [-0.2, 0) is 31.6 Å². The van der Waals surface area contributed by atoms with Crippen molar-refractivity contribution in [2.45, 2.75) is 42.9 Å². The predicted molar refractivity (Wildman–Crippen MR) is 254 cm³/mol. The first kappa shape index (κ1) is 43.0. The molecule has 2 N–H and O–H groups in total. The molecular formula is C52H42N10O3S. The highest BCUT2D eigenvalue weighted by molar-refractivity contribution is 7.98. The minimum absolute atomic E-state index is 0.0733. The molecule has 0 saturated carbocycles. The molecule has 0 bridgehead atoms. The van der Waals surface area contributed by atoms with Crippen molar-refractivity contribution in [1.29, 1.82) is 0 Å². The largest absolute Gasteiger partial charge is 0.487 e. The zero-order valence-corrected chi connectivity index (χ0v) is 36.4. The number of hydrogen-bond acceptors (Lipinski definition) is 12. The molecule has 0 fully saturated rings. The van der Waals surface area contributed by atoms with Crippen LogP contribution in [0.25, 0.3) is 33.2 Å². The fourth-order valence-electron chi connectivity index (χ4n) is 7.28. The maximum Gasteiger partial charge on any atom is 0.179 e. The average molecular weight is 887 g/mol. The number of benzene rings is 6. The van der Waals surface area contributed by atoms with E-state index in [0.29, 0.717) is 55.0 Å². The summed E-state index contributed by atoms with van der Waals surface area (Å²) in [4.78, 5) is 36.1. The van der Waals surface area contributed by atoms with Crippen molar-refractivity contribution < 1.29 is 14.3 Å². The van der Waals surface area contributed by atoms with Crippen LogP contribution in [0.2, 0.25) is 0 Å². The Bertz CT molecular complexity index is 3220. The van der Waals surface area contributed by atoms with E-state index in [0.717, 1.165) is 71.9 Å². The third-order valence-electron chi connectivity index (χ3n) is 10.7. The lowest BCUT2D eigenvalue weighted by Crippen LogP contribution is -2.03. The zero-order valence-electron chi connectivity index (χ0n) is 35.6. The number of nitrogens with one attached hydrogen (secondary N) is 2. The van der Waals surface area contributed by atoms with Gasteiger partial charge in [0.25, 0.3) is 0 Å². The van der Waals surface area contributed by atoms with Gasteiger partial charge in [-0.05, 0) is 98.6 Å². The van der Waals surface area contributed by atoms with Crippen LogP contribution in [0.1, 0.15) is 61.0 Å². The van der Waals surface area contributed by atoms with Crippen molar-refractivity contribution in [1.82, 2.24) is 51.2 Å². The lowest BCUT2D eigenvalue weighted by molar-refractivity contribution is 0.0978. The lowest BCUT2D eigenvalue weighted by atomic mass is 10.0. The van der Waals surface area contributed by atoms with Crippen molar-refractivity contribution in [3.05, 3.63) is 215 Å². The first-order chi connectivity index (χ1) is 32.5. The van der Waals surface area contributed by atoms with Crippen LogP contribution >= 0.6 is 11.8 Å². The van der Waals surface area contributed by atoms with Crippen LogP contribution in [0.3, 0.4) is 0 Å². The van der Waals surface area contributed by atoms with Crippen LogP contribution in [-0.4, -0.2) is 62.8 Å². The number of H-pyrrole nitrogens is 2. The van der Waals surface area contributed by atoms with Gasteiger partial charge in [0.05, 0.1) is 22.4 Å². The Kier molecular flexibility index (Phi) is 13.7. The van der Waals surface area contributed by atoms with Gasteiger partial charge in [-0.2, -0.15) is 0 Å². The second-order valence-corrected chi connectivity index (χ2v) is 16.5. The Labute approximate surface area is 384 Å². The fraction of sp³-hybridized carbons (Fsp3) is 0.115. The highest BCUT2D eigenvalue weighted by Crippen LogP contribution is 2.26. The van der Waals surface area contributed by atoms with E-state index in [1.54, 1.807) is 17.8 Å². The number of Topliss-reactive ketones (excluding diaryl/α,β-unsaturated/α-hetero) is 2. The van der Waals surface area contributed by atoms with E-state index >= 15 is 0 Å². The van der Waals surface area contributed by atoms with Gasteiger partial charge in [0.2, 0.25) is 0 Å². The van der Waals surface area contributed by atoms with Crippen LogP contribution in [0.5, 0.6) is 5.75 Å². The van der Waals surface area contributed by atoms with Gasteiger partial charge in [0.1, 0.15) is 12.4 Å². The number of hydrogen-bond donors (Lipinski definition) is 2. The number of para-hydroxylation sites is 2. The number of rotatable bonds is 16. The molecule has 0 spiro atoms. The van der Waals surface area contributed by atoms with Gasteiger partial charge >= 0.3 is 0 Å². The van der Waals surface area contributed by atoms with Gasteiger partial charge in [-0.3, -0.25) is 14.6 Å². The second-order valence-electron chi connectivity index (χ2n) is 15.4. The molecule has 6 aromatic carbocycles. The molecule has 0 aliphatic rings. The Balaban J connectivity index is 0.000000166. The molecule has 0 aliphatic carbocycles. The fourth-order valence-corrected chi connectivity index (χ4v) is 8.14. The summed E-state index contributed by atoms with van der Waals surface area (Å²) in [7, 11) is 0. The molecule has 10 rings (SSSR count). The van der Waals surface area contributed by atoms with E-state index in [2.05, 4.69) is 64.4 Å². The van der Waals surface area contributed by atoms with E-state index in [4.69, 9.17) is 9.72 Å². The Morgan fingerprint density at radius 3 is 2.00 bits per heavy atom. The van der Waals surface area contributed by atoms with Gasteiger partial charge in [0, 0.05) is 57.4 Å². The summed E-state index contributed by atoms with van der Waals surface area (Å²) < 4.78 is 5.92. The number of fused-ring (bicyclic) bond motifs is 2.